The molecule has 0 saturated heterocycles. The van der Waals surface area contributed by atoms with Gasteiger partial charge in [0.15, 0.2) is 0 Å². The standard InChI is InChI=1S/C8H12N2O9P2.Be.3FH/c11-10(12)8-4-2-1-3-7(8)9-5-6-18-21(16,17)19-20(13,14)15;;;;/h1-4,9H,5-6H2,(H,16,17)(H2,13,14,15);;3*1H/q;+2;;;/p-3. The first-order valence-electron chi connectivity index (χ1n) is 5.32. The molecule has 0 fully saturated rings. The summed E-state index contributed by atoms with van der Waals surface area (Å²) >= 11 is 0. The van der Waals surface area contributed by atoms with Crippen LogP contribution in [0.25, 0.3) is 0 Å². The number of nitro benzene ring substituents is 1. The quantitative estimate of drug-likeness (QED) is 0.107. The van der Waals surface area contributed by atoms with Gasteiger partial charge in [-0.15, -0.1) is 0 Å². The molecule has 0 saturated carbocycles. The minimum Gasteiger partial charge on any atom is -1.00 e. The van der Waals surface area contributed by atoms with Crippen molar-refractivity contribution in [1.29, 1.82) is 0 Å². The van der Waals surface area contributed by atoms with Crippen LogP contribution in [0.3, 0.4) is 0 Å². The van der Waals surface area contributed by atoms with Gasteiger partial charge < -0.3 is 34.1 Å². The van der Waals surface area contributed by atoms with Crippen molar-refractivity contribution in [2.45, 2.75) is 0 Å². The van der Waals surface area contributed by atoms with Crippen LogP contribution in [0.4, 0.5) is 11.4 Å². The fourth-order valence-corrected chi connectivity index (χ4v) is 2.87. The summed E-state index contributed by atoms with van der Waals surface area (Å²) in [7, 11) is -10.1. The number of hydrogen-bond donors (Lipinski definition) is 4. The third kappa shape index (κ3) is 12.6. The summed E-state index contributed by atoms with van der Waals surface area (Å²) in [6.45, 7) is -0.597. The van der Waals surface area contributed by atoms with Crippen molar-refractivity contribution in [1.82, 2.24) is 0 Å². The maximum atomic E-state index is 11.1. The smallest absolute Gasteiger partial charge is 1.00 e. The monoisotopic (exact) mass is 408 g/mol. The first kappa shape index (κ1) is 31.4. The third-order valence-electron chi connectivity index (χ3n) is 1.98. The van der Waals surface area contributed by atoms with Crippen molar-refractivity contribution in [3.8, 4) is 0 Å². The molecule has 0 aliphatic carbocycles. The van der Waals surface area contributed by atoms with Crippen molar-refractivity contribution in [3.05, 3.63) is 34.4 Å². The molecule has 0 heterocycles. The minimum atomic E-state index is -5.16. The average Bonchev–Trinajstić information content (AvgIpc) is 2.32. The number of benzene rings is 1. The van der Waals surface area contributed by atoms with Gasteiger partial charge in [-0.25, -0.2) is 9.13 Å². The minimum absolute atomic E-state index is 0. The summed E-state index contributed by atoms with van der Waals surface area (Å²) in [6.07, 6.45) is 0. The molecule has 25 heavy (non-hydrogen) atoms. The van der Waals surface area contributed by atoms with E-state index in [0.29, 0.717) is 0 Å². The molecular formula is C8H12BeF3N2O9P2-. The molecule has 0 amide bonds. The molecule has 1 aromatic rings. The Bertz CT molecular complexity index is 620. The Morgan fingerprint density at radius 3 is 2.12 bits per heavy atom. The first-order valence-corrected chi connectivity index (χ1v) is 8.35. The molecule has 1 atom stereocenters. The Labute approximate surface area is 142 Å². The summed E-state index contributed by atoms with van der Waals surface area (Å²) in [5.74, 6) is 0. The molecule has 0 aliphatic heterocycles. The fraction of sp³-hybridized carbons (Fsp3) is 0.250. The van der Waals surface area contributed by atoms with Gasteiger partial charge in [-0.3, -0.25) is 14.6 Å². The Morgan fingerprint density at radius 1 is 1.12 bits per heavy atom. The van der Waals surface area contributed by atoms with Gasteiger partial charge in [-0.2, -0.15) is 4.31 Å². The zero-order valence-corrected chi connectivity index (χ0v) is 14.0. The van der Waals surface area contributed by atoms with Gasteiger partial charge in [0.05, 0.1) is 11.5 Å². The second-order valence-electron chi connectivity index (χ2n) is 3.58. The van der Waals surface area contributed by atoms with Crippen LogP contribution < -0.4 is 19.4 Å². The van der Waals surface area contributed by atoms with Gasteiger partial charge in [-0.05, 0) is 6.07 Å². The van der Waals surface area contributed by atoms with Crippen LogP contribution in [-0.2, 0) is 18.0 Å². The SMILES string of the molecule is O=[N+]([O-])c1ccccc1NCCOP(=O)(O)OP(=O)(O)O.[Be+2].[F-].[F-].[F-]. The summed E-state index contributed by atoms with van der Waals surface area (Å²) < 4.78 is 29.3. The van der Waals surface area contributed by atoms with Gasteiger partial charge in [0.25, 0.3) is 5.69 Å². The number of para-hydroxylation sites is 2. The molecule has 17 heteroatoms. The van der Waals surface area contributed by atoms with Crippen LogP contribution in [0.2, 0.25) is 0 Å². The fourth-order valence-electron chi connectivity index (χ4n) is 1.29. The van der Waals surface area contributed by atoms with Crippen LogP contribution in [0, 0.1) is 10.1 Å². The number of rotatable bonds is 8. The van der Waals surface area contributed by atoms with E-state index >= 15 is 0 Å². The molecule has 0 spiro atoms. The van der Waals surface area contributed by atoms with Crippen LogP contribution in [0.15, 0.2) is 24.3 Å². The van der Waals surface area contributed by atoms with Crippen LogP contribution in [0.1, 0.15) is 0 Å². The number of phosphoric ester groups is 1. The number of phosphoric acid groups is 2. The van der Waals surface area contributed by atoms with E-state index < -0.39 is 27.2 Å². The summed E-state index contributed by atoms with van der Waals surface area (Å²) in [4.78, 5) is 35.8. The van der Waals surface area contributed by atoms with E-state index in [1.54, 1.807) is 6.07 Å². The molecule has 4 N–H and O–H groups in total. The number of nitrogens with one attached hydrogen (secondary N) is 1. The Balaban J connectivity index is -0.000000551. The molecule has 0 radical (unpaired) electrons. The largest absolute Gasteiger partial charge is 2.00 e. The van der Waals surface area contributed by atoms with E-state index in [1.165, 1.54) is 18.2 Å². The molecule has 1 unspecified atom stereocenters. The van der Waals surface area contributed by atoms with Crippen molar-refractivity contribution in [2.24, 2.45) is 0 Å². The van der Waals surface area contributed by atoms with E-state index in [2.05, 4.69) is 14.2 Å². The van der Waals surface area contributed by atoms with Gasteiger partial charge in [0.2, 0.25) is 0 Å². The Hall–Kier alpha value is -1.36. The topological polar surface area (TPSA) is 168 Å². The van der Waals surface area contributed by atoms with Crippen molar-refractivity contribution in [2.75, 3.05) is 18.5 Å². The summed E-state index contributed by atoms with van der Waals surface area (Å²) in [6, 6.07) is 5.69. The van der Waals surface area contributed by atoms with Crippen molar-refractivity contribution in [3.63, 3.8) is 0 Å². The van der Waals surface area contributed by atoms with Gasteiger partial charge in [0.1, 0.15) is 5.69 Å². The summed E-state index contributed by atoms with van der Waals surface area (Å²) in [5, 5.41) is 13.3. The number of nitrogens with zero attached hydrogens (tertiary/aromatic N) is 1. The summed E-state index contributed by atoms with van der Waals surface area (Å²) in [5.41, 5.74) is -0.0362. The zero-order chi connectivity index (χ0) is 16.1. The molecule has 1 rings (SSSR count). The number of hydrogen-bond acceptors (Lipinski definition) is 7. The number of anilines is 1. The number of halogens is 3. The molecule has 1 aromatic carbocycles. The van der Waals surface area contributed by atoms with E-state index in [4.69, 9.17) is 14.7 Å². The first-order chi connectivity index (χ1) is 9.61. The Kier molecular flexibility index (Phi) is 16.2. The third-order valence-corrected chi connectivity index (χ3v) is 4.17. The molecule has 0 aromatic heterocycles. The number of nitro groups is 1. The predicted octanol–water partition coefficient (Wildman–Crippen LogP) is -8.14. The molecule has 0 aliphatic rings. The van der Waals surface area contributed by atoms with Crippen molar-refractivity contribution >= 4 is 37.1 Å². The molecular weight excluding hydrogens is 396 g/mol. The zero-order valence-electron chi connectivity index (χ0n) is 12.2. The molecule has 142 valence electrons. The normalized spacial score (nSPS) is 12.1. The second kappa shape index (κ2) is 12.9. The van der Waals surface area contributed by atoms with Crippen LogP contribution in [-0.4, -0.2) is 42.9 Å². The van der Waals surface area contributed by atoms with E-state index in [1.807, 2.05) is 0 Å². The van der Waals surface area contributed by atoms with Gasteiger partial charge >= 0.3 is 25.8 Å². The van der Waals surface area contributed by atoms with Crippen molar-refractivity contribution < 1.29 is 51.7 Å². The molecule has 0 bridgehead atoms. The van der Waals surface area contributed by atoms with Gasteiger partial charge in [0, 0.05) is 12.6 Å². The van der Waals surface area contributed by atoms with E-state index in [-0.39, 0.29) is 42.2 Å². The maximum absolute atomic E-state index is 11.1. The Morgan fingerprint density at radius 2 is 1.64 bits per heavy atom. The maximum Gasteiger partial charge on any atom is 2.00 e. The van der Waals surface area contributed by atoms with E-state index in [9.17, 15) is 19.2 Å². The van der Waals surface area contributed by atoms with Gasteiger partial charge in [-0.1, -0.05) is 12.1 Å². The predicted molar refractivity (Wildman–Crippen MR) is 76.2 cm³/mol. The molecule has 11 nitrogen and oxygen atoms in total. The average molecular weight is 408 g/mol. The van der Waals surface area contributed by atoms with Crippen LogP contribution >= 0.6 is 15.6 Å². The van der Waals surface area contributed by atoms with Crippen LogP contribution in [0.5, 0.6) is 0 Å². The second-order valence-corrected chi connectivity index (χ2v) is 6.40. The van der Waals surface area contributed by atoms with E-state index in [0.717, 1.165) is 0 Å².